The molecule has 19 heavy (non-hydrogen) atoms. The molecular weight excluding hydrogens is 246 g/mol. The molecule has 94 valence electrons. The number of aromatic hydroxyl groups is 1. The Kier molecular flexibility index (Phi) is 2.60. The van der Waals surface area contributed by atoms with Crippen LogP contribution in [0.2, 0.25) is 0 Å². The van der Waals surface area contributed by atoms with Gasteiger partial charge in [-0.3, -0.25) is 4.79 Å². The zero-order valence-electron chi connectivity index (χ0n) is 9.72. The number of fused-ring (bicyclic) bond motifs is 1. The van der Waals surface area contributed by atoms with Gasteiger partial charge in [0.05, 0.1) is 0 Å². The number of phenolic OH excluding ortho intramolecular Hbond substituents is 1. The van der Waals surface area contributed by atoms with Gasteiger partial charge in [0, 0.05) is 6.07 Å². The van der Waals surface area contributed by atoms with E-state index in [2.05, 4.69) is 14.9 Å². The molecule has 0 aliphatic rings. The third-order valence-electron chi connectivity index (χ3n) is 2.63. The molecule has 3 rings (SSSR count). The molecule has 3 aromatic rings. The van der Waals surface area contributed by atoms with Crippen LogP contribution in [0.3, 0.4) is 0 Å². The summed E-state index contributed by atoms with van der Waals surface area (Å²) in [5.41, 5.74) is 1.87. The summed E-state index contributed by atoms with van der Waals surface area (Å²) in [6.07, 6.45) is 0. The molecule has 0 spiro atoms. The van der Waals surface area contributed by atoms with E-state index in [-0.39, 0.29) is 11.5 Å². The van der Waals surface area contributed by atoms with E-state index in [1.807, 2.05) is 24.3 Å². The van der Waals surface area contributed by atoms with E-state index in [0.717, 1.165) is 11.0 Å². The van der Waals surface area contributed by atoms with Gasteiger partial charge in [-0.2, -0.15) is 0 Å². The summed E-state index contributed by atoms with van der Waals surface area (Å²) >= 11 is 0. The number of aromatic nitrogens is 3. The van der Waals surface area contributed by atoms with E-state index in [1.54, 1.807) is 12.1 Å². The largest absolute Gasteiger partial charge is 0.505 e. The summed E-state index contributed by atoms with van der Waals surface area (Å²) in [6.45, 7) is 0.300. The van der Waals surface area contributed by atoms with Gasteiger partial charge in [0.25, 0.3) is 6.47 Å². The minimum absolute atomic E-state index is 0.0698. The highest BCUT2D eigenvalue weighted by Crippen LogP contribution is 2.26. The lowest BCUT2D eigenvalue weighted by Crippen LogP contribution is -1.99. The molecule has 0 aliphatic carbocycles. The second-order valence-electron chi connectivity index (χ2n) is 3.84. The Hall–Kier alpha value is -2.89. The van der Waals surface area contributed by atoms with Gasteiger partial charge < -0.3 is 9.84 Å². The monoisotopic (exact) mass is 255 g/mol. The first-order valence-electron chi connectivity index (χ1n) is 5.54. The average molecular weight is 255 g/mol. The maximum Gasteiger partial charge on any atom is 0.298 e. The summed E-state index contributed by atoms with van der Waals surface area (Å²) in [4.78, 5) is 11.6. The lowest BCUT2D eigenvalue weighted by atomic mass is 10.3. The molecule has 0 atom stereocenters. The SMILES string of the molecule is O=COc1ccc(-n2nc3ccccc3n2)c(O)c1. The van der Waals surface area contributed by atoms with Crippen molar-refractivity contribution in [2.75, 3.05) is 0 Å². The fraction of sp³-hybridized carbons (Fsp3) is 0. The maximum absolute atomic E-state index is 10.2. The molecule has 0 saturated heterocycles. The summed E-state index contributed by atoms with van der Waals surface area (Å²) in [5, 5.41) is 18.4. The second kappa shape index (κ2) is 4.41. The maximum atomic E-state index is 10.2. The summed E-state index contributed by atoms with van der Waals surface area (Å²) in [5.74, 6) is 0.188. The molecule has 1 aromatic heterocycles. The van der Waals surface area contributed by atoms with E-state index < -0.39 is 0 Å². The molecule has 0 bridgehead atoms. The van der Waals surface area contributed by atoms with Crippen LogP contribution in [0.1, 0.15) is 0 Å². The molecule has 1 N–H and O–H groups in total. The lowest BCUT2D eigenvalue weighted by molar-refractivity contribution is -0.120. The Morgan fingerprint density at radius 2 is 1.79 bits per heavy atom. The Bertz CT molecular complexity index is 719. The van der Waals surface area contributed by atoms with Crippen molar-refractivity contribution in [3.8, 4) is 17.2 Å². The summed E-state index contributed by atoms with van der Waals surface area (Å²) < 4.78 is 4.65. The van der Waals surface area contributed by atoms with Crippen molar-refractivity contribution in [2.24, 2.45) is 0 Å². The average Bonchev–Trinajstić information content (AvgIpc) is 2.82. The zero-order valence-corrected chi connectivity index (χ0v) is 9.72. The molecule has 0 aliphatic heterocycles. The quantitative estimate of drug-likeness (QED) is 0.720. The van der Waals surface area contributed by atoms with Gasteiger partial charge in [-0.1, -0.05) is 12.1 Å². The minimum Gasteiger partial charge on any atom is -0.505 e. The first kappa shape index (κ1) is 11.2. The molecule has 0 radical (unpaired) electrons. The van der Waals surface area contributed by atoms with E-state index >= 15 is 0 Å². The number of hydrogen-bond acceptors (Lipinski definition) is 5. The lowest BCUT2D eigenvalue weighted by Gasteiger charge is -2.04. The van der Waals surface area contributed by atoms with Gasteiger partial charge in [-0.05, 0) is 24.3 Å². The van der Waals surface area contributed by atoms with Gasteiger partial charge in [0.1, 0.15) is 28.2 Å². The van der Waals surface area contributed by atoms with Crippen molar-refractivity contribution in [1.82, 2.24) is 15.0 Å². The Balaban J connectivity index is 2.08. The standard InChI is InChI=1S/C13H9N3O3/c17-8-19-9-5-6-12(13(18)7-9)16-14-10-3-1-2-4-11(10)15-16/h1-8,18H. The van der Waals surface area contributed by atoms with Gasteiger partial charge in [0.15, 0.2) is 0 Å². The van der Waals surface area contributed by atoms with Crippen molar-refractivity contribution in [3.05, 3.63) is 42.5 Å². The van der Waals surface area contributed by atoms with Crippen LogP contribution < -0.4 is 4.74 Å². The number of rotatable bonds is 3. The third kappa shape index (κ3) is 1.99. The minimum atomic E-state index is -0.0698. The molecule has 0 amide bonds. The summed E-state index contributed by atoms with van der Waals surface area (Å²) in [7, 11) is 0. The van der Waals surface area contributed by atoms with Gasteiger partial charge in [-0.15, -0.1) is 15.0 Å². The van der Waals surface area contributed by atoms with Crippen LogP contribution >= 0.6 is 0 Å². The van der Waals surface area contributed by atoms with Crippen molar-refractivity contribution in [2.45, 2.75) is 0 Å². The van der Waals surface area contributed by atoms with Crippen molar-refractivity contribution < 1.29 is 14.6 Å². The number of phenols is 1. The van der Waals surface area contributed by atoms with E-state index in [4.69, 9.17) is 0 Å². The van der Waals surface area contributed by atoms with Crippen LogP contribution in [-0.4, -0.2) is 26.6 Å². The zero-order chi connectivity index (χ0) is 13.2. The first-order chi connectivity index (χ1) is 9.28. The molecule has 0 saturated carbocycles. The van der Waals surface area contributed by atoms with Crippen LogP contribution in [0.15, 0.2) is 42.5 Å². The fourth-order valence-corrected chi connectivity index (χ4v) is 1.77. The molecule has 2 aromatic carbocycles. The Morgan fingerprint density at radius 3 is 2.37 bits per heavy atom. The number of hydrogen-bond donors (Lipinski definition) is 1. The number of ether oxygens (including phenoxy) is 1. The Morgan fingerprint density at radius 1 is 1.11 bits per heavy atom. The topological polar surface area (TPSA) is 77.2 Å². The van der Waals surface area contributed by atoms with Gasteiger partial charge >= 0.3 is 0 Å². The smallest absolute Gasteiger partial charge is 0.298 e. The number of nitrogens with zero attached hydrogens (tertiary/aromatic N) is 3. The molecular formula is C13H9N3O3. The number of carbonyl (C=O) groups is 1. The second-order valence-corrected chi connectivity index (χ2v) is 3.84. The van der Waals surface area contributed by atoms with Crippen molar-refractivity contribution >= 4 is 17.5 Å². The van der Waals surface area contributed by atoms with E-state index in [1.165, 1.54) is 10.9 Å². The first-order valence-corrected chi connectivity index (χ1v) is 5.54. The van der Waals surface area contributed by atoms with Crippen LogP contribution in [0.4, 0.5) is 0 Å². The number of carbonyl (C=O) groups excluding carboxylic acids is 1. The van der Waals surface area contributed by atoms with Gasteiger partial charge in [-0.25, -0.2) is 0 Å². The Labute approximate surface area is 107 Å². The predicted molar refractivity (Wildman–Crippen MR) is 67.2 cm³/mol. The normalized spacial score (nSPS) is 10.5. The van der Waals surface area contributed by atoms with E-state index in [0.29, 0.717) is 12.2 Å². The third-order valence-corrected chi connectivity index (χ3v) is 2.63. The van der Waals surface area contributed by atoms with Crippen LogP contribution in [0, 0.1) is 0 Å². The molecule has 1 heterocycles. The highest BCUT2D eigenvalue weighted by atomic mass is 16.5. The highest BCUT2D eigenvalue weighted by Gasteiger charge is 2.09. The fourth-order valence-electron chi connectivity index (χ4n) is 1.77. The van der Waals surface area contributed by atoms with Crippen LogP contribution in [-0.2, 0) is 4.79 Å². The van der Waals surface area contributed by atoms with Gasteiger partial charge in [0.2, 0.25) is 0 Å². The van der Waals surface area contributed by atoms with Crippen molar-refractivity contribution in [1.29, 1.82) is 0 Å². The number of benzene rings is 2. The summed E-state index contributed by atoms with van der Waals surface area (Å²) in [6, 6.07) is 11.9. The predicted octanol–water partition coefficient (Wildman–Crippen LogP) is 1.66. The molecule has 0 fully saturated rings. The molecule has 0 unspecified atom stereocenters. The highest BCUT2D eigenvalue weighted by molar-refractivity contribution is 5.73. The van der Waals surface area contributed by atoms with E-state index in [9.17, 15) is 9.90 Å². The van der Waals surface area contributed by atoms with Crippen molar-refractivity contribution in [3.63, 3.8) is 0 Å². The molecule has 6 nitrogen and oxygen atoms in total. The van der Waals surface area contributed by atoms with Crippen LogP contribution in [0.25, 0.3) is 16.7 Å². The molecule has 6 heteroatoms. The van der Waals surface area contributed by atoms with Crippen LogP contribution in [0.5, 0.6) is 11.5 Å².